The fourth-order valence-corrected chi connectivity index (χ4v) is 3.06. The topological polar surface area (TPSA) is 12.5 Å². The summed E-state index contributed by atoms with van der Waals surface area (Å²) in [7, 11) is 0. The fraction of sp³-hybridized carbons (Fsp3) is 0.368. The van der Waals surface area contributed by atoms with Crippen molar-refractivity contribution in [3.63, 3.8) is 0 Å². The van der Waals surface area contributed by atoms with Crippen molar-refractivity contribution in [2.45, 2.75) is 25.8 Å². The van der Waals surface area contributed by atoms with Crippen molar-refractivity contribution in [3.8, 4) is 5.75 Å². The van der Waals surface area contributed by atoms with E-state index in [1.165, 1.54) is 30.5 Å². The molecule has 2 heteroatoms. The molecule has 0 radical (unpaired) electrons. The number of hydrogen-bond acceptors (Lipinski definition) is 2. The summed E-state index contributed by atoms with van der Waals surface area (Å²) in [6, 6.07) is 19.7. The number of likely N-dealkylation sites (tertiary alicyclic amines) is 1. The molecule has 1 unspecified atom stereocenters. The summed E-state index contributed by atoms with van der Waals surface area (Å²) in [6.07, 6.45) is 2.54. The van der Waals surface area contributed by atoms with Gasteiger partial charge in [-0.15, -0.1) is 0 Å². The first kappa shape index (κ1) is 14.2. The molecule has 0 aliphatic carbocycles. The largest absolute Gasteiger partial charge is 0.492 e. The third-order valence-corrected chi connectivity index (χ3v) is 4.22. The molecule has 2 aromatic carbocycles. The third-order valence-electron chi connectivity index (χ3n) is 4.22. The highest BCUT2D eigenvalue weighted by atomic mass is 16.5. The average Bonchev–Trinajstić information content (AvgIpc) is 2.99. The number of rotatable bonds is 5. The third kappa shape index (κ3) is 3.64. The predicted molar refractivity (Wildman–Crippen MR) is 86.7 cm³/mol. The zero-order valence-electron chi connectivity index (χ0n) is 12.7. The minimum Gasteiger partial charge on any atom is -0.492 e. The fourth-order valence-electron chi connectivity index (χ4n) is 3.06. The van der Waals surface area contributed by atoms with Crippen molar-refractivity contribution in [2.24, 2.45) is 0 Å². The SMILES string of the molecule is Cc1ccc(OCCN2CCCC2c2ccccc2)cc1. The van der Waals surface area contributed by atoms with E-state index in [9.17, 15) is 0 Å². The van der Waals surface area contributed by atoms with E-state index in [1.54, 1.807) is 0 Å². The molecular weight excluding hydrogens is 258 g/mol. The predicted octanol–water partition coefficient (Wildman–Crippen LogP) is 4.21. The molecule has 21 heavy (non-hydrogen) atoms. The number of hydrogen-bond donors (Lipinski definition) is 0. The maximum absolute atomic E-state index is 5.87. The normalized spacial score (nSPS) is 18.8. The molecule has 1 aliphatic heterocycles. The summed E-state index contributed by atoms with van der Waals surface area (Å²) in [5.41, 5.74) is 2.70. The van der Waals surface area contributed by atoms with Gasteiger partial charge in [-0.1, -0.05) is 48.0 Å². The molecule has 1 atom stereocenters. The highest BCUT2D eigenvalue weighted by Crippen LogP contribution is 2.31. The van der Waals surface area contributed by atoms with E-state index in [0.29, 0.717) is 6.04 Å². The van der Waals surface area contributed by atoms with Crippen LogP contribution in [-0.2, 0) is 0 Å². The Morgan fingerprint density at radius 1 is 1.05 bits per heavy atom. The number of benzene rings is 2. The van der Waals surface area contributed by atoms with Gasteiger partial charge in [0.05, 0.1) is 0 Å². The summed E-state index contributed by atoms with van der Waals surface area (Å²) in [5, 5.41) is 0. The van der Waals surface area contributed by atoms with Crippen LogP contribution in [-0.4, -0.2) is 24.6 Å². The molecule has 2 nitrogen and oxygen atoms in total. The minimum absolute atomic E-state index is 0.563. The molecule has 110 valence electrons. The van der Waals surface area contributed by atoms with Gasteiger partial charge in [0.2, 0.25) is 0 Å². The minimum atomic E-state index is 0.563. The first-order valence-electron chi connectivity index (χ1n) is 7.81. The van der Waals surface area contributed by atoms with Gasteiger partial charge in [-0.2, -0.15) is 0 Å². The van der Waals surface area contributed by atoms with Crippen LogP contribution < -0.4 is 4.74 Å². The maximum atomic E-state index is 5.87. The van der Waals surface area contributed by atoms with Crippen LogP contribution in [0.2, 0.25) is 0 Å². The van der Waals surface area contributed by atoms with Crippen molar-refractivity contribution in [1.82, 2.24) is 4.90 Å². The average molecular weight is 281 g/mol. The molecule has 0 amide bonds. The van der Waals surface area contributed by atoms with Crippen molar-refractivity contribution in [1.29, 1.82) is 0 Å². The smallest absolute Gasteiger partial charge is 0.119 e. The molecular formula is C19H23NO. The quantitative estimate of drug-likeness (QED) is 0.814. The van der Waals surface area contributed by atoms with Crippen LogP contribution in [0.3, 0.4) is 0 Å². The first-order chi connectivity index (χ1) is 10.3. The second-order valence-corrected chi connectivity index (χ2v) is 5.77. The lowest BCUT2D eigenvalue weighted by Gasteiger charge is -2.24. The molecule has 1 aliphatic rings. The zero-order chi connectivity index (χ0) is 14.5. The van der Waals surface area contributed by atoms with Gasteiger partial charge < -0.3 is 4.74 Å². The van der Waals surface area contributed by atoms with Gasteiger partial charge in [-0.25, -0.2) is 0 Å². The second kappa shape index (κ2) is 6.77. The molecule has 3 rings (SSSR count). The Labute approximate surface area is 127 Å². The molecule has 1 saturated heterocycles. The van der Waals surface area contributed by atoms with Crippen LogP contribution in [0.15, 0.2) is 54.6 Å². The van der Waals surface area contributed by atoms with Gasteiger partial charge in [0, 0.05) is 12.6 Å². The summed E-state index contributed by atoms with van der Waals surface area (Å²) >= 11 is 0. The standard InChI is InChI=1S/C19H23NO/c1-16-9-11-18(12-10-16)21-15-14-20-13-5-8-19(20)17-6-3-2-4-7-17/h2-4,6-7,9-12,19H,5,8,13-15H2,1H3. The van der Waals surface area contributed by atoms with Crippen LogP contribution in [0, 0.1) is 6.92 Å². The van der Waals surface area contributed by atoms with E-state index in [-0.39, 0.29) is 0 Å². The monoisotopic (exact) mass is 281 g/mol. The first-order valence-corrected chi connectivity index (χ1v) is 7.81. The van der Waals surface area contributed by atoms with Crippen molar-refractivity contribution in [3.05, 3.63) is 65.7 Å². The molecule has 1 heterocycles. The molecule has 0 spiro atoms. The van der Waals surface area contributed by atoms with E-state index in [1.807, 2.05) is 12.1 Å². The van der Waals surface area contributed by atoms with Crippen LogP contribution in [0.1, 0.15) is 30.0 Å². The Bertz CT molecular complexity index is 550. The van der Waals surface area contributed by atoms with Gasteiger partial charge >= 0.3 is 0 Å². The maximum Gasteiger partial charge on any atom is 0.119 e. The Morgan fingerprint density at radius 3 is 2.57 bits per heavy atom. The van der Waals surface area contributed by atoms with Gasteiger partial charge in [0.15, 0.2) is 0 Å². The summed E-state index contributed by atoms with van der Waals surface area (Å²) < 4.78 is 5.87. The van der Waals surface area contributed by atoms with E-state index in [2.05, 4.69) is 54.3 Å². The van der Waals surface area contributed by atoms with E-state index in [4.69, 9.17) is 4.74 Å². The number of ether oxygens (including phenoxy) is 1. The summed E-state index contributed by atoms with van der Waals surface area (Å²) in [5.74, 6) is 0.969. The van der Waals surface area contributed by atoms with E-state index < -0.39 is 0 Å². The lowest BCUT2D eigenvalue weighted by Crippen LogP contribution is -2.28. The second-order valence-electron chi connectivity index (χ2n) is 5.77. The highest BCUT2D eigenvalue weighted by Gasteiger charge is 2.25. The van der Waals surface area contributed by atoms with Crippen molar-refractivity contribution in [2.75, 3.05) is 19.7 Å². The van der Waals surface area contributed by atoms with Gasteiger partial charge in [-0.3, -0.25) is 4.90 Å². The van der Waals surface area contributed by atoms with Gasteiger partial charge in [-0.05, 0) is 44.0 Å². The van der Waals surface area contributed by atoms with E-state index >= 15 is 0 Å². The molecule has 0 saturated carbocycles. The van der Waals surface area contributed by atoms with Crippen molar-refractivity contribution >= 4 is 0 Å². The highest BCUT2D eigenvalue weighted by molar-refractivity contribution is 5.26. The molecule has 0 bridgehead atoms. The Hall–Kier alpha value is -1.80. The molecule has 0 N–H and O–H groups in total. The Morgan fingerprint density at radius 2 is 1.81 bits per heavy atom. The lowest BCUT2D eigenvalue weighted by atomic mass is 10.0. The zero-order valence-corrected chi connectivity index (χ0v) is 12.7. The van der Waals surface area contributed by atoms with Crippen LogP contribution in [0.25, 0.3) is 0 Å². The molecule has 2 aromatic rings. The lowest BCUT2D eigenvalue weighted by molar-refractivity contribution is 0.197. The van der Waals surface area contributed by atoms with Crippen LogP contribution >= 0.6 is 0 Å². The van der Waals surface area contributed by atoms with Gasteiger partial charge in [0.25, 0.3) is 0 Å². The summed E-state index contributed by atoms with van der Waals surface area (Å²) in [6.45, 7) is 5.02. The number of nitrogens with zero attached hydrogens (tertiary/aromatic N) is 1. The van der Waals surface area contributed by atoms with E-state index in [0.717, 1.165) is 18.9 Å². The molecule has 1 fully saturated rings. The van der Waals surface area contributed by atoms with Crippen LogP contribution in [0.4, 0.5) is 0 Å². The van der Waals surface area contributed by atoms with Gasteiger partial charge in [0.1, 0.15) is 12.4 Å². The summed E-state index contributed by atoms with van der Waals surface area (Å²) in [4.78, 5) is 2.55. The number of aryl methyl sites for hydroxylation is 1. The molecule has 0 aromatic heterocycles. The van der Waals surface area contributed by atoms with Crippen molar-refractivity contribution < 1.29 is 4.74 Å². The Balaban J connectivity index is 1.53. The van der Waals surface area contributed by atoms with Crippen LogP contribution in [0.5, 0.6) is 5.75 Å². The Kier molecular flexibility index (Phi) is 4.56.